The quantitative estimate of drug-likeness (QED) is 0.792. The predicted molar refractivity (Wildman–Crippen MR) is 101 cm³/mol. The molecule has 0 radical (unpaired) electrons. The number of morpholine rings is 1. The van der Waals surface area contributed by atoms with Gasteiger partial charge in [-0.3, -0.25) is 9.59 Å². The smallest absolute Gasteiger partial charge is 0.316 e. The van der Waals surface area contributed by atoms with E-state index in [0.29, 0.717) is 32.5 Å². The maximum absolute atomic E-state index is 12.4. The Morgan fingerprint density at radius 1 is 1.11 bits per heavy atom. The van der Waals surface area contributed by atoms with E-state index in [1.807, 2.05) is 30.3 Å². The number of ether oxygens (including phenoxy) is 2. The molecule has 28 heavy (non-hydrogen) atoms. The Bertz CT molecular complexity index is 823. The van der Waals surface area contributed by atoms with Gasteiger partial charge in [-0.05, 0) is 31.0 Å². The first-order chi connectivity index (χ1) is 13.7. The van der Waals surface area contributed by atoms with Gasteiger partial charge in [-0.15, -0.1) is 0 Å². The number of nitrogens with zero attached hydrogens (tertiary/aromatic N) is 4. The molecule has 2 aliphatic heterocycles. The van der Waals surface area contributed by atoms with E-state index in [9.17, 15) is 9.59 Å². The molecule has 0 N–H and O–H groups in total. The first kappa shape index (κ1) is 18.4. The molecule has 2 aromatic rings. The van der Waals surface area contributed by atoms with E-state index in [1.54, 1.807) is 28.3 Å². The summed E-state index contributed by atoms with van der Waals surface area (Å²) in [6, 6.07) is 11.5. The molecule has 1 aromatic heterocycles. The minimum absolute atomic E-state index is 0.0356. The van der Waals surface area contributed by atoms with Crippen LogP contribution in [0.25, 0.3) is 0 Å². The molecule has 2 amide bonds. The zero-order chi connectivity index (χ0) is 19.4. The summed E-state index contributed by atoms with van der Waals surface area (Å²) in [6.45, 7) is 1.61. The van der Waals surface area contributed by atoms with Crippen molar-refractivity contribution < 1.29 is 19.1 Å². The zero-order valence-electron chi connectivity index (χ0n) is 15.5. The number of likely N-dealkylation sites (tertiary alicyclic amines) is 1. The van der Waals surface area contributed by atoms with Crippen LogP contribution in [0.3, 0.4) is 0 Å². The van der Waals surface area contributed by atoms with Crippen LogP contribution < -0.4 is 9.64 Å². The molecule has 0 aliphatic carbocycles. The molecule has 8 nitrogen and oxygen atoms in total. The van der Waals surface area contributed by atoms with Crippen molar-refractivity contribution >= 4 is 17.5 Å². The lowest BCUT2D eigenvalue weighted by atomic mass is 9.89. The second-order valence-electron chi connectivity index (χ2n) is 6.99. The van der Waals surface area contributed by atoms with Gasteiger partial charge in [0.15, 0.2) is 6.61 Å². The Kier molecular flexibility index (Phi) is 5.21. The van der Waals surface area contributed by atoms with Gasteiger partial charge in [0.25, 0.3) is 11.8 Å². The molecular formula is C20H22N4O4. The van der Waals surface area contributed by atoms with Gasteiger partial charge >= 0.3 is 6.01 Å². The largest absolute Gasteiger partial charge is 0.453 e. The summed E-state index contributed by atoms with van der Waals surface area (Å²) < 4.78 is 11.3. The highest BCUT2D eigenvalue weighted by Gasteiger charge is 2.43. The second-order valence-corrected chi connectivity index (χ2v) is 6.99. The van der Waals surface area contributed by atoms with Gasteiger partial charge < -0.3 is 19.3 Å². The molecule has 0 unspecified atom stereocenters. The normalized spacial score (nSPS) is 18.9. The van der Waals surface area contributed by atoms with Gasteiger partial charge in [0.1, 0.15) is 6.61 Å². The van der Waals surface area contributed by atoms with E-state index in [2.05, 4.69) is 9.97 Å². The molecule has 2 saturated heterocycles. The highest BCUT2D eigenvalue weighted by molar-refractivity contribution is 5.95. The van der Waals surface area contributed by atoms with Crippen molar-refractivity contribution in [1.29, 1.82) is 0 Å². The van der Waals surface area contributed by atoms with Crippen LogP contribution in [0.5, 0.6) is 6.01 Å². The third-order valence-electron chi connectivity index (χ3n) is 5.21. The lowest BCUT2D eigenvalue weighted by molar-refractivity contribution is -0.151. The number of anilines is 1. The molecule has 0 atom stereocenters. The molecule has 0 saturated carbocycles. The van der Waals surface area contributed by atoms with E-state index in [0.717, 1.165) is 5.69 Å². The van der Waals surface area contributed by atoms with Crippen molar-refractivity contribution in [1.82, 2.24) is 14.9 Å². The van der Waals surface area contributed by atoms with Gasteiger partial charge in [0.2, 0.25) is 0 Å². The SMILES string of the molecule is O=C(COc1ncccn1)N1CCC2(CC1)CN(c1ccccc1)C(=O)CO2. The van der Waals surface area contributed by atoms with Crippen molar-refractivity contribution in [2.24, 2.45) is 0 Å². The van der Waals surface area contributed by atoms with Crippen molar-refractivity contribution in [3.05, 3.63) is 48.8 Å². The maximum atomic E-state index is 12.4. The zero-order valence-corrected chi connectivity index (χ0v) is 15.5. The number of hydrogen-bond donors (Lipinski definition) is 0. The van der Waals surface area contributed by atoms with Gasteiger partial charge in [0, 0.05) is 31.2 Å². The van der Waals surface area contributed by atoms with Crippen LogP contribution >= 0.6 is 0 Å². The number of aromatic nitrogens is 2. The standard InChI is InChI=1S/C20H22N4O4/c25-17(13-27-19-21-9-4-10-22-19)23-11-7-20(8-12-23)15-24(18(26)14-28-20)16-5-2-1-3-6-16/h1-6,9-10H,7-8,11-15H2. The minimum Gasteiger partial charge on any atom is -0.453 e. The van der Waals surface area contributed by atoms with Crippen LogP contribution in [0, 0.1) is 0 Å². The molecule has 2 aliphatic rings. The van der Waals surface area contributed by atoms with Crippen molar-refractivity contribution in [2.45, 2.75) is 18.4 Å². The number of amides is 2. The summed E-state index contributed by atoms with van der Waals surface area (Å²) in [5.41, 5.74) is 0.467. The second kappa shape index (κ2) is 7.93. The number of hydrogen-bond acceptors (Lipinski definition) is 6. The number of carbonyl (C=O) groups excluding carboxylic acids is 2. The van der Waals surface area contributed by atoms with E-state index < -0.39 is 5.60 Å². The van der Waals surface area contributed by atoms with Crippen molar-refractivity contribution in [3.8, 4) is 6.01 Å². The molecule has 146 valence electrons. The van der Waals surface area contributed by atoms with E-state index in [1.165, 1.54) is 0 Å². The molecule has 1 aromatic carbocycles. The topological polar surface area (TPSA) is 84.9 Å². The lowest BCUT2D eigenvalue weighted by Gasteiger charge is -2.46. The maximum Gasteiger partial charge on any atom is 0.316 e. The van der Waals surface area contributed by atoms with Crippen molar-refractivity contribution in [3.63, 3.8) is 0 Å². The fourth-order valence-electron chi connectivity index (χ4n) is 3.60. The van der Waals surface area contributed by atoms with Gasteiger partial charge in [0.05, 0.1) is 12.1 Å². The molecular weight excluding hydrogens is 360 g/mol. The van der Waals surface area contributed by atoms with Crippen LogP contribution in [0.2, 0.25) is 0 Å². The Labute approximate surface area is 163 Å². The van der Waals surface area contributed by atoms with Gasteiger partial charge in [-0.25, -0.2) is 9.97 Å². The highest BCUT2D eigenvalue weighted by atomic mass is 16.5. The predicted octanol–water partition coefficient (Wildman–Crippen LogP) is 1.28. The van der Waals surface area contributed by atoms with E-state index in [4.69, 9.17) is 9.47 Å². The van der Waals surface area contributed by atoms with Crippen LogP contribution in [-0.4, -0.2) is 65.1 Å². The number of rotatable bonds is 4. The summed E-state index contributed by atoms with van der Waals surface area (Å²) in [6.07, 6.45) is 4.49. The van der Waals surface area contributed by atoms with E-state index in [-0.39, 0.29) is 31.0 Å². The molecule has 0 bridgehead atoms. The Balaban J connectivity index is 1.34. The molecule has 2 fully saturated rings. The first-order valence-corrected chi connectivity index (χ1v) is 9.32. The number of piperidine rings is 1. The molecule has 1 spiro atoms. The average Bonchev–Trinajstić information content (AvgIpc) is 2.76. The monoisotopic (exact) mass is 382 g/mol. The molecule has 3 heterocycles. The highest BCUT2D eigenvalue weighted by Crippen LogP contribution is 2.32. The Morgan fingerprint density at radius 3 is 2.54 bits per heavy atom. The number of benzene rings is 1. The molecule has 8 heteroatoms. The van der Waals surface area contributed by atoms with Crippen LogP contribution in [0.4, 0.5) is 5.69 Å². The Hall–Kier alpha value is -3.00. The average molecular weight is 382 g/mol. The third-order valence-corrected chi connectivity index (χ3v) is 5.21. The minimum atomic E-state index is -0.413. The van der Waals surface area contributed by atoms with Crippen LogP contribution in [0.15, 0.2) is 48.8 Å². The summed E-state index contributed by atoms with van der Waals surface area (Å²) in [5.74, 6) is -0.138. The van der Waals surface area contributed by atoms with Gasteiger partial charge in [-0.1, -0.05) is 18.2 Å². The number of carbonyl (C=O) groups is 2. The summed E-state index contributed by atoms with van der Waals surface area (Å²) in [4.78, 5) is 36.2. The summed E-state index contributed by atoms with van der Waals surface area (Å²) >= 11 is 0. The molecule has 4 rings (SSSR count). The van der Waals surface area contributed by atoms with Crippen molar-refractivity contribution in [2.75, 3.05) is 37.7 Å². The fraction of sp³-hybridized carbons (Fsp3) is 0.400. The lowest BCUT2D eigenvalue weighted by Crippen LogP contribution is -2.59. The Morgan fingerprint density at radius 2 is 1.82 bits per heavy atom. The van der Waals surface area contributed by atoms with Gasteiger partial charge in [-0.2, -0.15) is 0 Å². The number of para-hydroxylation sites is 1. The summed E-state index contributed by atoms with van der Waals surface area (Å²) in [7, 11) is 0. The van der Waals surface area contributed by atoms with Crippen LogP contribution in [-0.2, 0) is 14.3 Å². The third kappa shape index (κ3) is 3.96. The van der Waals surface area contributed by atoms with Crippen LogP contribution in [0.1, 0.15) is 12.8 Å². The first-order valence-electron chi connectivity index (χ1n) is 9.32. The summed E-state index contributed by atoms with van der Waals surface area (Å²) in [5, 5.41) is 0. The fourth-order valence-corrected chi connectivity index (χ4v) is 3.60. The van der Waals surface area contributed by atoms with E-state index >= 15 is 0 Å².